The smallest absolute Gasteiger partial charge is 0.308 e. The number of hydrogen-bond acceptors (Lipinski definition) is 6. The Morgan fingerprint density at radius 3 is 2.33 bits per heavy atom. The minimum atomic E-state index is -4.10. The second-order valence-electron chi connectivity index (χ2n) is 5.25. The van der Waals surface area contributed by atoms with Gasteiger partial charge in [-0.25, -0.2) is 13.4 Å². The standard InChI is InChI=1S/C16H19BrClN2O5PS/c1-3-24-26(21,25-4-2)16(12-8-6-5-7-9-12)20-27(22,23)13-10-14(17)15(18)19-11-13/h5-11,16,20H,3-4H2,1-2H3. The maximum atomic E-state index is 13.3. The van der Waals surface area contributed by atoms with Crippen molar-refractivity contribution in [3.63, 3.8) is 0 Å². The first-order valence-corrected chi connectivity index (χ1v) is 12.3. The zero-order valence-corrected chi connectivity index (χ0v) is 18.7. The minimum absolute atomic E-state index is 0.0936. The van der Waals surface area contributed by atoms with E-state index in [2.05, 4.69) is 25.6 Å². The molecule has 0 saturated heterocycles. The van der Waals surface area contributed by atoms with Crippen molar-refractivity contribution in [2.75, 3.05) is 13.2 Å². The number of nitrogens with zero attached hydrogens (tertiary/aromatic N) is 1. The molecule has 0 saturated carbocycles. The molecule has 2 aromatic rings. The van der Waals surface area contributed by atoms with Gasteiger partial charge in [0.15, 0.2) is 0 Å². The summed E-state index contributed by atoms with van der Waals surface area (Å²) in [5.41, 5.74) is 0.451. The van der Waals surface area contributed by atoms with Gasteiger partial charge in [-0.15, -0.1) is 0 Å². The molecule has 1 atom stereocenters. The average molecular weight is 498 g/mol. The summed E-state index contributed by atoms with van der Waals surface area (Å²) in [7, 11) is -7.94. The lowest BCUT2D eigenvalue weighted by Crippen LogP contribution is -2.30. The SMILES string of the molecule is CCOP(=O)(OCC)C(NS(=O)(=O)c1cnc(Cl)c(Br)c1)c1ccccc1. The summed E-state index contributed by atoms with van der Waals surface area (Å²) < 4.78 is 52.6. The fraction of sp³-hybridized carbons (Fsp3) is 0.312. The molecule has 1 unspecified atom stereocenters. The Balaban J connectivity index is 2.50. The normalized spacial score (nSPS) is 13.5. The first-order valence-electron chi connectivity index (χ1n) is 8.00. The predicted molar refractivity (Wildman–Crippen MR) is 107 cm³/mol. The number of rotatable bonds is 9. The summed E-state index contributed by atoms with van der Waals surface area (Å²) in [5, 5.41) is 0.128. The Hall–Kier alpha value is -0.800. The fourth-order valence-electron chi connectivity index (χ4n) is 2.26. The van der Waals surface area contributed by atoms with Gasteiger partial charge < -0.3 is 9.05 Å². The largest absolute Gasteiger partial charge is 0.352 e. The fourth-order valence-corrected chi connectivity index (χ4v) is 6.46. The molecule has 0 fully saturated rings. The number of pyridine rings is 1. The van der Waals surface area contributed by atoms with Gasteiger partial charge in [0.25, 0.3) is 0 Å². The topological polar surface area (TPSA) is 94.6 Å². The highest BCUT2D eigenvalue weighted by atomic mass is 79.9. The molecule has 1 aromatic carbocycles. The van der Waals surface area contributed by atoms with Crippen molar-refractivity contribution in [2.24, 2.45) is 0 Å². The van der Waals surface area contributed by atoms with Crippen molar-refractivity contribution in [2.45, 2.75) is 24.5 Å². The molecule has 0 spiro atoms. The van der Waals surface area contributed by atoms with E-state index in [9.17, 15) is 13.0 Å². The van der Waals surface area contributed by atoms with Gasteiger partial charge >= 0.3 is 7.60 Å². The zero-order chi connectivity index (χ0) is 20.1. The summed E-state index contributed by atoms with van der Waals surface area (Å²) in [5.74, 6) is -1.22. The van der Waals surface area contributed by atoms with E-state index in [-0.39, 0.29) is 23.3 Å². The van der Waals surface area contributed by atoms with Crippen LogP contribution in [-0.2, 0) is 23.6 Å². The Bertz CT molecular complexity index is 920. The monoisotopic (exact) mass is 496 g/mol. The van der Waals surface area contributed by atoms with Crippen LogP contribution in [0.2, 0.25) is 5.15 Å². The number of sulfonamides is 1. The quantitative estimate of drug-likeness (QED) is 0.397. The molecule has 1 aromatic heterocycles. The lowest BCUT2D eigenvalue weighted by molar-refractivity contribution is 0.210. The van der Waals surface area contributed by atoms with Crippen LogP contribution in [0.5, 0.6) is 0 Å². The van der Waals surface area contributed by atoms with Crippen LogP contribution in [-0.4, -0.2) is 26.6 Å². The van der Waals surface area contributed by atoms with Gasteiger partial charge in [-0.05, 0) is 41.4 Å². The van der Waals surface area contributed by atoms with Crippen LogP contribution in [0.25, 0.3) is 0 Å². The van der Waals surface area contributed by atoms with Crippen molar-refractivity contribution < 1.29 is 22.0 Å². The van der Waals surface area contributed by atoms with Crippen LogP contribution in [0.1, 0.15) is 25.2 Å². The lowest BCUT2D eigenvalue weighted by atomic mass is 10.2. The van der Waals surface area contributed by atoms with Crippen molar-refractivity contribution in [3.8, 4) is 0 Å². The second-order valence-corrected chi connectivity index (χ2v) is 10.3. The van der Waals surface area contributed by atoms with Crippen LogP contribution >= 0.6 is 35.1 Å². The molecule has 0 radical (unpaired) electrons. The molecule has 0 aliphatic rings. The third kappa shape index (κ3) is 5.60. The second kappa shape index (κ2) is 9.60. The Kier molecular flexibility index (Phi) is 8.00. The van der Waals surface area contributed by atoms with Crippen molar-refractivity contribution in [3.05, 3.63) is 57.8 Å². The molecule has 11 heteroatoms. The molecular weight excluding hydrogens is 479 g/mol. The van der Waals surface area contributed by atoms with Gasteiger partial charge in [-0.2, -0.15) is 4.72 Å². The van der Waals surface area contributed by atoms with Crippen LogP contribution in [0.15, 0.2) is 52.0 Å². The van der Waals surface area contributed by atoms with Gasteiger partial charge in [0.2, 0.25) is 10.0 Å². The summed E-state index contributed by atoms with van der Waals surface area (Å²) >= 11 is 8.98. The maximum Gasteiger partial charge on any atom is 0.352 e. The first kappa shape index (κ1) is 22.5. The average Bonchev–Trinajstić information content (AvgIpc) is 2.63. The molecule has 27 heavy (non-hydrogen) atoms. The van der Waals surface area contributed by atoms with E-state index in [1.54, 1.807) is 44.2 Å². The first-order chi connectivity index (χ1) is 12.7. The van der Waals surface area contributed by atoms with Crippen LogP contribution in [0, 0.1) is 0 Å². The molecule has 1 heterocycles. The van der Waals surface area contributed by atoms with E-state index in [1.807, 2.05) is 0 Å². The van der Waals surface area contributed by atoms with Gasteiger partial charge in [0, 0.05) is 6.20 Å². The number of nitrogens with one attached hydrogen (secondary N) is 1. The number of aromatic nitrogens is 1. The minimum Gasteiger partial charge on any atom is -0.308 e. The van der Waals surface area contributed by atoms with E-state index in [0.717, 1.165) is 6.20 Å². The maximum absolute atomic E-state index is 13.3. The highest BCUT2D eigenvalue weighted by molar-refractivity contribution is 9.10. The van der Waals surface area contributed by atoms with E-state index in [4.69, 9.17) is 20.6 Å². The van der Waals surface area contributed by atoms with Crippen molar-refractivity contribution in [1.29, 1.82) is 0 Å². The van der Waals surface area contributed by atoms with E-state index in [1.165, 1.54) is 6.07 Å². The van der Waals surface area contributed by atoms with Crippen molar-refractivity contribution in [1.82, 2.24) is 9.71 Å². The molecule has 7 nitrogen and oxygen atoms in total. The molecule has 2 rings (SSSR count). The molecular formula is C16H19BrClN2O5PS. The third-order valence-electron chi connectivity index (χ3n) is 3.40. The highest BCUT2D eigenvalue weighted by Gasteiger charge is 2.40. The molecule has 0 aliphatic heterocycles. The number of benzene rings is 1. The lowest BCUT2D eigenvalue weighted by Gasteiger charge is -2.27. The van der Waals surface area contributed by atoms with Gasteiger partial charge in [-0.1, -0.05) is 41.9 Å². The molecule has 1 N–H and O–H groups in total. The summed E-state index contributed by atoms with van der Waals surface area (Å²) in [4.78, 5) is 3.69. The Morgan fingerprint density at radius 1 is 1.22 bits per heavy atom. The highest BCUT2D eigenvalue weighted by Crippen LogP contribution is 2.59. The Labute approximate surface area is 172 Å². The third-order valence-corrected chi connectivity index (χ3v) is 8.39. The summed E-state index contributed by atoms with van der Waals surface area (Å²) in [6.07, 6.45) is 1.11. The summed E-state index contributed by atoms with van der Waals surface area (Å²) in [6, 6.07) is 9.79. The van der Waals surface area contributed by atoms with Crippen LogP contribution in [0.3, 0.4) is 0 Å². The van der Waals surface area contributed by atoms with Gasteiger partial charge in [0.05, 0.1) is 17.7 Å². The van der Waals surface area contributed by atoms with Crippen molar-refractivity contribution >= 4 is 45.1 Å². The number of hydrogen-bond donors (Lipinski definition) is 1. The van der Waals surface area contributed by atoms with Crippen LogP contribution < -0.4 is 4.72 Å². The zero-order valence-electron chi connectivity index (χ0n) is 14.6. The van der Waals surface area contributed by atoms with E-state index < -0.39 is 23.4 Å². The summed E-state index contributed by atoms with van der Waals surface area (Å²) in [6.45, 7) is 3.50. The predicted octanol–water partition coefficient (Wildman–Crippen LogP) is 4.74. The van der Waals surface area contributed by atoms with Crippen LogP contribution in [0.4, 0.5) is 0 Å². The molecule has 0 aliphatic carbocycles. The Morgan fingerprint density at radius 2 is 1.81 bits per heavy atom. The number of halogens is 2. The molecule has 0 amide bonds. The van der Waals surface area contributed by atoms with E-state index >= 15 is 0 Å². The van der Waals surface area contributed by atoms with Gasteiger partial charge in [-0.3, -0.25) is 4.57 Å². The van der Waals surface area contributed by atoms with Gasteiger partial charge in [0.1, 0.15) is 15.8 Å². The molecule has 148 valence electrons. The molecule has 0 bridgehead atoms. The van der Waals surface area contributed by atoms with E-state index in [0.29, 0.717) is 10.0 Å².